The molecular formula is C16H23N3O5. The lowest BCUT2D eigenvalue weighted by atomic mass is 10.1. The van der Waals surface area contributed by atoms with E-state index in [1.807, 2.05) is 7.05 Å². The summed E-state index contributed by atoms with van der Waals surface area (Å²) in [5, 5.41) is 14.5. The summed E-state index contributed by atoms with van der Waals surface area (Å²) in [6.07, 6.45) is 0.884. The quantitative estimate of drug-likeness (QED) is 0.601. The van der Waals surface area contributed by atoms with Crippen LogP contribution in [0.3, 0.4) is 0 Å². The van der Waals surface area contributed by atoms with Gasteiger partial charge in [0.2, 0.25) is 0 Å². The van der Waals surface area contributed by atoms with Crippen LogP contribution in [0.15, 0.2) is 12.1 Å². The van der Waals surface area contributed by atoms with Gasteiger partial charge in [-0.3, -0.25) is 14.9 Å². The molecule has 2 rings (SSSR count). The molecule has 8 nitrogen and oxygen atoms in total. The van der Waals surface area contributed by atoms with Crippen LogP contribution in [0.1, 0.15) is 23.7 Å². The number of nitro benzene ring substituents is 1. The van der Waals surface area contributed by atoms with Crippen LogP contribution in [0.25, 0.3) is 0 Å². The first kappa shape index (κ1) is 18.0. The lowest BCUT2D eigenvalue weighted by Gasteiger charge is -2.18. The average molecular weight is 337 g/mol. The Balaban J connectivity index is 2.35. The molecule has 1 aliphatic heterocycles. The summed E-state index contributed by atoms with van der Waals surface area (Å²) in [4.78, 5) is 25.3. The van der Waals surface area contributed by atoms with E-state index in [-0.39, 0.29) is 22.9 Å². The normalized spacial score (nSPS) is 17.0. The fraction of sp³-hybridized carbons (Fsp3) is 0.562. The van der Waals surface area contributed by atoms with Crippen molar-refractivity contribution in [3.63, 3.8) is 0 Å². The minimum absolute atomic E-state index is 0.0364. The molecule has 1 saturated heterocycles. The Morgan fingerprint density at radius 2 is 2.21 bits per heavy atom. The number of benzene rings is 1. The molecule has 0 saturated carbocycles. The van der Waals surface area contributed by atoms with Gasteiger partial charge < -0.3 is 19.7 Å². The van der Waals surface area contributed by atoms with E-state index in [9.17, 15) is 14.9 Å². The smallest absolute Gasteiger partial charge is 0.286 e. The maximum atomic E-state index is 12.8. The van der Waals surface area contributed by atoms with Gasteiger partial charge in [0.25, 0.3) is 11.6 Å². The van der Waals surface area contributed by atoms with Crippen molar-refractivity contribution in [3.8, 4) is 11.5 Å². The molecule has 8 heteroatoms. The molecule has 0 radical (unpaired) electrons. The van der Waals surface area contributed by atoms with Crippen LogP contribution in [-0.2, 0) is 0 Å². The lowest BCUT2D eigenvalue weighted by Crippen LogP contribution is -2.30. The summed E-state index contributed by atoms with van der Waals surface area (Å²) < 4.78 is 10.6. The van der Waals surface area contributed by atoms with Crippen LogP contribution in [0, 0.1) is 16.0 Å². The van der Waals surface area contributed by atoms with Crippen molar-refractivity contribution in [2.45, 2.75) is 13.3 Å². The van der Waals surface area contributed by atoms with Crippen LogP contribution in [-0.4, -0.2) is 56.1 Å². The molecule has 0 bridgehead atoms. The Morgan fingerprint density at radius 1 is 1.46 bits per heavy atom. The van der Waals surface area contributed by atoms with Crippen molar-refractivity contribution in [2.75, 3.05) is 40.4 Å². The summed E-state index contributed by atoms with van der Waals surface area (Å²) in [5.74, 6) is 0.598. The number of nitro groups is 1. The SMILES string of the molecule is CCOc1cc(C(=O)N2CCC(CNC)C2)c([N+](=O)[O-])cc1OC. The van der Waals surface area contributed by atoms with Gasteiger partial charge in [0.15, 0.2) is 11.5 Å². The summed E-state index contributed by atoms with van der Waals surface area (Å²) >= 11 is 0. The van der Waals surface area contributed by atoms with Crippen molar-refractivity contribution >= 4 is 11.6 Å². The van der Waals surface area contributed by atoms with Gasteiger partial charge in [0, 0.05) is 19.2 Å². The van der Waals surface area contributed by atoms with Crippen molar-refractivity contribution in [1.82, 2.24) is 10.2 Å². The first-order valence-corrected chi connectivity index (χ1v) is 7.94. The summed E-state index contributed by atoms with van der Waals surface area (Å²) in [6, 6.07) is 2.66. The molecule has 1 N–H and O–H groups in total. The van der Waals surface area contributed by atoms with E-state index in [0.29, 0.717) is 31.4 Å². The number of rotatable bonds is 7. The fourth-order valence-corrected chi connectivity index (χ4v) is 2.94. The van der Waals surface area contributed by atoms with Gasteiger partial charge in [0.05, 0.1) is 24.7 Å². The number of nitrogens with one attached hydrogen (secondary N) is 1. The zero-order valence-electron chi connectivity index (χ0n) is 14.2. The van der Waals surface area contributed by atoms with E-state index in [1.54, 1.807) is 11.8 Å². The van der Waals surface area contributed by atoms with E-state index >= 15 is 0 Å². The Hall–Kier alpha value is -2.35. The predicted molar refractivity (Wildman–Crippen MR) is 88.8 cm³/mol. The van der Waals surface area contributed by atoms with Gasteiger partial charge in [-0.05, 0) is 32.9 Å². The molecule has 1 fully saturated rings. The predicted octanol–water partition coefficient (Wildman–Crippen LogP) is 1.68. The van der Waals surface area contributed by atoms with Crippen molar-refractivity contribution < 1.29 is 19.2 Å². The Bertz CT molecular complexity index is 620. The minimum atomic E-state index is -0.563. The highest BCUT2D eigenvalue weighted by molar-refractivity contribution is 5.99. The van der Waals surface area contributed by atoms with Crippen molar-refractivity contribution in [3.05, 3.63) is 27.8 Å². The monoisotopic (exact) mass is 337 g/mol. The maximum Gasteiger partial charge on any atom is 0.286 e. The molecule has 1 atom stereocenters. The second kappa shape index (κ2) is 7.96. The number of amides is 1. The van der Waals surface area contributed by atoms with E-state index < -0.39 is 4.92 Å². The van der Waals surface area contributed by atoms with E-state index in [2.05, 4.69) is 5.32 Å². The largest absolute Gasteiger partial charge is 0.493 e. The lowest BCUT2D eigenvalue weighted by molar-refractivity contribution is -0.385. The highest BCUT2D eigenvalue weighted by Crippen LogP contribution is 2.36. The highest BCUT2D eigenvalue weighted by atomic mass is 16.6. The van der Waals surface area contributed by atoms with Gasteiger partial charge in [-0.15, -0.1) is 0 Å². The molecule has 1 aromatic carbocycles. The maximum absolute atomic E-state index is 12.8. The molecule has 0 aliphatic carbocycles. The number of carbonyl (C=O) groups excluding carboxylic acids is 1. The Labute approximate surface area is 140 Å². The number of hydrogen-bond donors (Lipinski definition) is 1. The first-order valence-electron chi connectivity index (χ1n) is 7.94. The first-order chi connectivity index (χ1) is 11.5. The molecular weight excluding hydrogens is 314 g/mol. The third-order valence-electron chi connectivity index (χ3n) is 4.07. The standard InChI is InChI=1S/C16H23N3O5/c1-4-24-15-7-12(13(19(21)22)8-14(15)23-3)16(20)18-6-5-11(10-18)9-17-2/h7-8,11,17H,4-6,9-10H2,1-3H3. The second-order valence-corrected chi connectivity index (χ2v) is 5.67. The van der Waals surface area contributed by atoms with Crippen LogP contribution in [0.4, 0.5) is 5.69 Å². The van der Waals surface area contributed by atoms with Crippen LogP contribution < -0.4 is 14.8 Å². The molecule has 132 valence electrons. The highest BCUT2D eigenvalue weighted by Gasteiger charge is 2.32. The van der Waals surface area contributed by atoms with Gasteiger partial charge in [0.1, 0.15) is 5.56 Å². The topological polar surface area (TPSA) is 93.9 Å². The molecule has 0 aromatic heterocycles. The third-order valence-corrected chi connectivity index (χ3v) is 4.07. The zero-order chi connectivity index (χ0) is 17.7. The van der Waals surface area contributed by atoms with Crippen molar-refractivity contribution in [1.29, 1.82) is 0 Å². The van der Waals surface area contributed by atoms with Gasteiger partial charge in [-0.25, -0.2) is 0 Å². The van der Waals surface area contributed by atoms with Crippen LogP contribution in [0.5, 0.6) is 11.5 Å². The van der Waals surface area contributed by atoms with Gasteiger partial charge in [-0.1, -0.05) is 0 Å². The number of nitrogens with zero attached hydrogens (tertiary/aromatic N) is 2. The van der Waals surface area contributed by atoms with E-state index in [1.165, 1.54) is 19.2 Å². The molecule has 1 heterocycles. The van der Waals surface area contributed by atoms with Crippen molar-refractivity contribution in [2.24, 2.45) is 5.92 Å². The average Bonchev–Trinajstić information content (AvgIpc) is 3.03. The molecule has 1 amide bonds. The Kier molecular flexibility index (Phi) is 5.97. The number of ether oxygens (including phenoxy) is 2. The molecule has 1 aromatic rings. The summed E-state index contributed by atoms with van der Waals surface area (Å²) in [6.45, 7) is 4.17. The number of methoxy groups -OCH3 is 1. The van der Waals surface area contributed by atoms with E-state index in [0.717, 1.165) is 13.0 Å². The van der Waals surface area contributed by atoms with Gasteiger partial charge in [-0.2, -0.15) is 0 Å². The summed E-state index contributed by atoms with van der Waals surface area (Å²) in [7, 11) is 3.28. The van der Waals surface area contributed by atoms with Crippen LogP contribution >= 0.6 is 0 Å². The molecule has 24 heavy (non-hydrogen) atoms. The Morgan fingerprint density at radius 3 is 2.79 bits per heavy atom. The minimum Gasteiger partial charge on any atom is -0.493 e. The molecule has 1 unspecified atom stereocenters. The fourth-order valence-electron chi connectivity index (χ4n) is 2.94. The number of carbonyl (C=O) groups is 1. The van der Waals surface area contributed by atoms with E-state index in [4.69, 9.17) is 9.47 Å². The number of likely N-dealkylation sites (tertiary alicyclic amines) is 1. The number of hydrogen-bond acceptors (Lipinski definition) is 6. The second-order valence-electron chi connectivity index (χ2n) is 5.67. The molecule has 1 aliphatic rings. The van der Waals surface area contributed by atoms with Crippen LogP contribution in [0.2, 0.25) is 0 Å². The summed E-state index contributed by atoms with van der Waals surface area (Å²) in [5.41, 5.74) is -0.230. The zero-order valence-corrected chi connectivity index (χ0v) is 14.2. The third kappa shape index (κ3) is 3.76. The van der Waals surface area contributed by atoms with Gasteiger partial charge >= 0.3 is 0 Å². The molecule has 0 spiro atoms.